The highest BCUT2D eigenvalue weighted by atomic mass is 35.5. The fourth-order valence-corrected chi connectivity index (χ4v) is 1.16. The molecule has 0 aliphatic heterocycles. The van der Waals surface area contributed by atoms with Crippen LogP contribution in [0.1, 0.15) is 19.5 Å². The zero-order valence-corrected chi connectivity index (χ0v) is 10.4. The van der Waals surface area contributed by atoms with Crippen LogP contribution in [0.2, 0.25) is 0 Å². The molecule has 0 aliphatic carbocycles. The van der Waals surface area contributed by atoms with Crippen molar-refractivity contribution in [3.05, 3.63) is 23.9 Å². The van der Waals surface area contributed by atoms with Gasteiger partial charge in [0, 0.05) is 12.4 Å². The molecule has 6 heteroatoms. The SMILES string of the molecule is CC(C)(CCl)CNc1cccc(C(F)(F)F)n1. The van der Waals surface area contributed by atoms with Crippen LogP contribution in [-0.4, -0.2) is 17.4 Å². The molecule has 1 aromatic rings. The Hall–Kier alpha value is -0.970. The van der Waals surface area contributed by atoms with Crippen molar-refractivity contribution in [1.82, 2.24) is 4.98 Å². The lowest BCUT2D eigenvalue weighted by molar-refractivity contribution is -0.141. The summed E-state index contributed by atoms with van der Waals surface area (Å²) in [7, 11) is 0. The zero-order chi connectivity index (χ0) is 13.1. The average Bonchev–Trinajstić information content (AvgIpc) is 2.26. The third kappa shape index (κ3) is 4.42. The molecule has 1 N–H and O–H groups in total. The van der Waals surface area contributed by atoms with E-state index in [0.29, 0.717) is 12.4 Å². The summed E-state index contributed by atoms with van der Waals surface area (Å²) in [6.45, 7) is 4.30. The third-order valence-corrected chi connectivity index (χ3v) is 2.87. The molecule has 0 radical (unpaired) electrons. The van der Waals surface area contributed by atoms with E-state index >= 15 is 0 Å². The summed E-state index contributed by atoms with van der Waals surface area (Å²) < 4.78 is 37.2. The number of aromatic nitrogens is 1. The number of halogens is 4. The van der Waals surface area contributed by atoms with Gasteiger partial charge in [-0.15, -0.1) is 11.6 Å². The Kier molecular flexibility index (Phi) is 4.25. The van der Waals surface area contributed by atoms with E-state index in [9.17, 15) is 13.2 Å². The lowest BCUT2D eigenvalue weighted by Crippen LogP contribution is -2.25. The first-order chi connectivity index (χ1) is 7.74. The normalized spacial score (nSPS) is 12.6. The monoisotopic (exact) mass is 266 g/mol. The fraction of sp³-hybridized carbons (Fsp3) is 0.545. The van der Waals surface area contributed by atoms with Crippen LogP contribution in [0.3, 0.4) is 0 Å². The zero-order valence-electron chi connectivity index (χ0n) is 9.61. The molecule has 1 rings (SSSR count). The first-order valence-corrected chi connectivity index (χ1v) is 5.62. The molecule has 0 atom stereocenters. The number of hydrogen-bond donors (Lipinski definition) is 1. The summed E-state index contributed by atoms with van der Waals surface area (Å²) in [6.07, 6.45) is -4.42. The second-order valence-electron chi connectivity index (χ2n) is 4.56. The lowest BCUT2D eigenvalue weighted by Gasteiger charge is -2.22. The van der Waals surface area contributed by atoms with E-state index in [4.69, 9.17) is 11.6 Å². The average molecular weight is 267 g/mol. The molecule has 0 saturated heterocycles. The smallest absolute Gasteiger partial charge is 0.369 e. The van der Waals surface area contributed by atoms with Crippen molar-refractivity contribution in [3.63, 3.8) is 0 Å². The Balaban J connectivity index is 2.74. The molecule has 0 unspecified atom stereocenters. The van der Waals surface area contributed by atoms with E-state index < -0.39 is 11.9 Å². The number of rotatable bonds is 4. The minimum absolute atomic E-state index is 0.197. The maximum absolute atomic E-state index is 12.4. The van der Waals surface area contributed by atoms with Gasteiger partial charge in [0.1, 0.15) is 11.5 Å². The molecule has 0 fully saturated rings. The fourth-order valence-electron chi connectivity index (χ4n) is 1.07. The molecule has 0 spiro atoms. The quantitative estimate of drug-likeness (QED) is 0.839. The standard InChI is InChI=1S/C11H14ClF3N2/c1-10(2,6-12)7-16-9-5-3-4-8(17-9)11(13,14)15/h3-5H,6-7H2,1-2H3,(H,16,17). The molecule has 2 nitrogen and oxygen atoms in total. The molecule has 1 heterocycles. The number of nitrogens with one attached hydrogen (secondary N) is 1. The second kappa shape index (κ2) is 5.12. The Morgan fingerprint density at radius 2 is 1.94 bits per heavy atom. The van der Waals surface area contributed by atoms with Gasteiger partial charge in [-0.25, -0.2) is 4.98 Å². The van der Waals surface area contributed by atoms with Gasteiger partial charge < -0.3 is 5.32 Å². The van der Waals surface area contributed by atoms with Crippen molar-refractivity contribution in [3.8, 4) is 0 Å². The highest BCUT2D eigenvalue weighted by molar-refractivity contribution is 6.18. The lowest BCUT2D eigenvalue weighted by atomic mass is 9.97. The molecule has 0 aromatic carbocycles. The number of pyridine rings is 1. The van der Waals surface area contributed by atoms with Gasteiger partial charge in [0.15, 0.2) is 0 Å². The minimum atomic E-state index is -4.42. The van der Waals surface area contributed by atoms with E-state index in [1.54, 1.807) is 0 Å². The Morgan fingerprint density at radius 3 is 2.47 bits per heavy atom. The van der Waals surface area contributed by atoms with E-state index in [1.165, 1.54) is 12.1 Å². The van der Waals surface area contributed by atoms with E-state index in [0.717, 1.165) is 6.07 Å². The van der Waals surface area contributed by atoms with Crippen molar-refractivity contribution < 1.29 is 13.2 Å². The Bertz CT molecular complexity index is 377. The third-order valence-electron chi connectivity index (χ3n) is 2.15. The molecular weight excluding hydrogens is 253 g/mol. The number of alkyl halides is 4. The van der Waals surface area contributed by atoms with Crippen LogP contribution in [-0.2, 0) is 6.18 Å². The van der Waals surface area contributed by atoms with Crippen molar-refractivity contribution in [2.24, 2.45) is 5.41 Å². The molecule has 96 valence electrons. The summed E-state index contributed by atoms with van der Waals surface area (Å²) in [5.74, 6) is 0.622. The Labute approximate surface area is 103 Å². The first kappa shape index (κ1) is 14.1. The van der Waals surface area contributed by atoms with Gasteiger partial charge in [-0.3, -0.25) is 0 Å². The van der Waals surface area contributed by atoms with Crippen molar-refractivity contribution in [2.45, 2.75) is 20.0 Å². The summed E-state index contributed by atoms with van der Waals surface area (Å²) in [4.78, 5) is 3.50. The van der Waals surface area contributed by atoms with Crippen LogP contribution < -0.4 is 5.32 Å². The summed E-state index contributed by atoms with van der Waals surface area (Å²) in [5.41, 5.74) is -1.09. The number of hydrogen-bond acceptors (Lipinski definition) is 2. The van der Waals surface area contributed by atoms with Crippen molar-refractivity contribution >= 4 is 17.4 Å². The minimum Gasteiger partial charge on any atom is -0.369 e. The predicted octanol–water partition coefficient (Wildman–Crippen LogP) is 3.78. The van der Waals surface area contributed by atoms with Gasteiger partial charge in [0.05, 0.1) is 0 Å². The largest absolute Gasteiger partial charge is 0.433 e. The van der Waals surface area contributed by atoms with Gasteiger partial charge in [-0.05, 0) is 17.5 Å². The molecule has 17 heavy (non-hydrogen) atoms. The molecule has 1 aromatic heterocycles. The maximum atomic E-state index is 12.4. The van der Waals surface area contributed by atoms with Gasteiger partial charge in [0.25, 0.3) is 0 Å². The van der Waals surface area contributed by atoms with Crippen LogP contribution in [0.25, 0.3) is 0 Å². The van der Waals surface area contributed by atoms with Crippen LogP contribution in [0.15, 0.2) is 18.2 Å². The number of nitrogens with zero attached hydrogens (tertiary/aromatic N) is 1. The summed E-state index contributed by atoms with van der Waals surface area (Å²) in [6, 6.07) is 3.77. The first-order valence-electron chi connectivity index (χ1n) is 5.09. The highest BCUT2D eigenvalue weighted by Crippen LogP contribution is 2.28. The second-order valence-corrected chi connectivity index (χ2v) is 4.82. The topological polar surface area (TPSA) is 24.9 Å². The summed E-state index contributed by atoms with van der Waals surface area (Å²) >= 11 is 5.72. The summed E-state index contributed by atoms with van der Waals surface area (Å²) in [5, 5.41) is 2.85. The maximum Gasteiger partial charge on any atom is 0.433 e. The number of anilines is 1. The van der Waals surface area contributed by atoms with Crippen LogP contribution in [0.4, 0.5) is 19.0 Å². The molecule has 0 aliphatic rings. The Morgan fingerprint density at radius 1 is 1.29 bits per heavy atom. The molecule has 0 amide bonds. The van der Waals surface area contributed by atoms with Gasteiger partial charge in [-0.2, -0.15) is 13.2 Å². The van der Waals surface area contributed by atoms with Crippen LogP contribution in [0, 0.1) is 5.41 Å². The van der Waals surface area contributed by atoms with E-state index in [-0.39, 0.29) is 11.2 Å². The predicted molar refractivity (Wildman–Crippen MR) is 62.2 cm³/mol. The molecule has 0 bridgehead atoms. The van der Waals surface area contributed by atoms with Crippen LogP contribution >= 0.6 is 11.6 Å². The highest BCUT2D eigenvalue weighted by Gasteiger charge is 2.32. The van der Waals surface area contributed by atoms with Gasteiger partial charge >= 0.3 is 6.18 Å². The van der Waals surface area contributed by atoms with Crippen molar-refractivity contribution in [2.75, 3.05) is 17.7 Å². The van der Waals surface area contributed by atoms with Crippen LogP contribution in [0.5, 0.6) is 0 Å². The van der Waals surface area contributed by atoms with Gasteiger partial charge in [-0.1, -0.05) is 19.9 Å². The van der Waals surface area contributed by atoms with Gasteiger partial charge in [0.2, 0.25) is 0 Å². The molecule has 0 saturated carbocycles. The van der Waals surface area contributed by atoms with E-state index in [2.05, 4.69) is 10.3 Å². The molecular formula is C11H14ClF3N2. The van der Waals surface area contributed by atoms with Crippen molar-refractivity contribution in [1.29, 1.82) is 0 Å². The van der Waals surface area contributed by atoms with E-state index in [1.807, 2.05) is 13.8 Å².